The van der Waals surface area contributed by atoms with Gasteiger partial charge < -0.3 is 15.4 Å². The number of anilines is 2. The Morgan fingerprint density at radius 2 is 1.91 bits per heavy atom. The molecule has 7 heteroatoms. The Morgan fingerprint density at radius 3 is 2.64 bits per heavy atom. The zero-order valence-electron chi connectivity index (χ0n) is 19.2. The molecule has 1 aliphatic carbocycles. The molecule has 1 saturated carbocycles. The second-order valence-electron chi connectivity index (χ2n) is 9.11. The fourth-order valence-corrected chi connectivity index (χ4v) is 4.94. The van der Waals surface area contributed by atoms with Crippen LogP contribution in [0.5, 0.6) is 0 Å². The third-order valence-corrected chi connectivity index (χ3v) is 6.64. The number of carbonyl (C=O) groups is 3. The molecule has 7 nitrogen and oxygen atoms in total. The van der Waals surface area contributed by atoms with Crippen LogP contribution < -0.4 is 15.5 Å². The van der Waals surface area contributed by atoms with E-state index in [1.165, 1.54) is 11.3 Å². The first-order valence-corrected chi connectivity index (χ1v) is 11.6. The minimum absolute atomic E-state index is 0.210. The first-order chi connectivity index (χ1) is 15.9. The van der Waals surface area contributed by atoms with Gasteiger partial charge in [0.1, 0.15) is 6.61 Å². The van der Waals surface area contributed by atoms with E-state index >= 15 is 0 Å². The fraction of sp³-hybridized carbons (Fsp3) is 0.423. The van der Waals surface area contributed by atoms with Gasteiger partial charge in [0.2, 0.25) is 0 Å². The largest absolute Gasteiger partial charge is 0.447 e. The van der Waals surface area contributed by atoms with Gasteiger partial charge >= 0.3 is 17.9 Å². The minimum Gasteiger partial charge on any atom is -0.447 e. The molecule has 0 radical (unpaired) electrons. The number of nitrogens with one attached hydrogen (secondary N) is 2. The molecule has 0 spiro atoms. The van der Waals surface area contributed by atoms with Gasteiger partial charge in [-0.05, 0) is 60.9 Å². The van der Waals surface area contributed by atoms with Gasteiger partial charge in [-0.25, -0.2) is 4.79 Å². The third-order valence-electron chi connectivity index (χ3n) is 6.64. The van der Waals surface area contributed by atoms with E-state index in [0.29, 0.717) is 30.4 Å². The van der Waals surface area contributed by atoms with Gasteiger partial charge in [0, 0.05) is 11.4 Å². The van der Waals surface area contributed by atoms with E-state index in [1.54, 1.807) is 24.3 Å². The second-order valence-corrected chi connectivity index (χ2v) is 9.11. The van der Waals surface area contributed by atoms with Gasteiger partial charge in [-0.2, -0.15) is 0 Å². The topological polar surface area (TPSA) is 87.7 Å². The number of nitrogens with zero attached hydrogens (tertiary/aromatic N) is 1. The fourth-order valence-electron chi connectivity index (χ4n) is 4.94. The Kier molecular flexibility index (Phi) is 6.96. The summed E-state index contributed by atoms with van der Waals surface area (Å²) in [6.45, 7) is 5.07. The third kappa shape index (κ3) is 5.35. The summed E-state index contributed by atoms with van der Waals surface area (Å²) < 4.78 is 4.98. The summed E-state index contributed by atoms with van der Waals surface area (Å²) in [4.78, 5) is 39.1. The van der Waals surface area contributed by atoms with Crippen LogP contribution in [0.3, 0.4) is 0 Å². The maximum Gasteiger partial charge on any atom is 0.414 e. The zero-order chi connectivity index (χ0) is 23.4. The quantitative estimate of drug-likeness (QED) is 0.655. The van der Waals surface area contributed by atoms with Crippen LogP contribution in [-0.4, -0.2) is 31.1 Å². The maximum atomic E-state index is 13.0. The predicted octanol–water partition coefficient (Wildman–Crippen LogP) is 4.57. The predicted molar refractivity (Wildman–Crippen MR) is 127 cm³/mol. The number of carbonyl (C=O) groups excluding carboxylic acids is 3. The number of benzene rings is 2. The molecule has 4 rings (SSSR count). The minimum atomic E-state index is -0.724. The Balaban J connectivity index is 1.48. The van der Waals surface area contributed by atoms with Gasteiger partial charge in [-0.1, -0.05) is 50.1 Å². The van der Waals surface area contributed by atoms with Crippen LogP contribution in [0.4, 0.5) is 16.2 Å². The Morgan fingerprint density at radius 1 is 1.09 bits per heavy atom. The maximum absolute atomic E-state index is 13.0. The normalized spacial score (nSPS) is 21.3. The number of aryl methyl sites for hydroxylation is 1. The molecule has 1 aliphatic heterocycles. The van der Waals surface area contributed by atoms with Crippen molar-refractivity contribution >= 4 is 29.3 Å². The molecule has 3 atom stereocenters. The number of rotatable bonds is 5. The lowest BCUT2D eigenvalue weighted by atomic mass is 9.76. The Bertz CT molecular complexity index is 1040. The average Bonchev–Trinajstić information content (AvgIpc) is 3.24. The molecule has 2 aromatic carbocycles. The number of ether oxygens (including phenoxy) is 1. The molecule has 1 saturated heterocycles. The van der Waals surface area contributed by atoms with Gasteiger partial charge in [-0.15, -0.1) is 0 Å². The van der Waals surface area contributed by atoms with Crippen LogP contribution in [0.1, 0.15) is 49.8 Å². The molecule has 33 heavy (non-hydrogen) atoms. The summed E-state index contributed by atoms with van der Waals surface area (Å²) in [5, 5.41) is 5.70. The molecule has 0 bridgehead atoms. The highest BCUT2D eigenvalue weighted by Crippen LogP contribution is 2.38. The molecule has 0 aromatic heterocycles. The highest BCUT2D eigenvalue weighted by molar-refractivity contribution is 6.39. The highest BCUT2D eigenvalue weighted by Gasteiger charge is 2.31. The SMILES string of the molecule is Cc1ccccc1[C@H](NC(=O)C(=O)Nc1cccc(N2CCOC2=O)c1)[C@@H]1CCC[C@H](C)C1. The summed E-state index contributed by atoms with van der Waals surface area (Å²) in [6, 6.07) is 14.7. The second kappa shape index (κ2) is 10.1. The van der Waals surface area contributed by atoms with Crippen molar-refractivity contribution in [3.8, 4) is 0 Å². The van der Waals surface area contributed by atoms with Crippen molar-refractivity contribution in [1.29, 1.82) is 0 Å². The van der Waals surface area contributed by atoms with Crippen LogP contribution in [0, 0.1) is 18.8 Å². The van der Waals surface area contributed by atoms with E-state index in [9.17, 15) is 14.4 Å². The Hall–Kier alpha value is -3.35. The lowest BCUT2D eigenvalue weighted by Crippen LogP contribution is -2.41. The molecule has 1 heterocycles. The smallest absolute Gasteiger partial charge is 0.414 e. The van der Waals surface area contributed by atoms with Gasteiger partial charge in [0.05, 0.1) is 12.6 Å². The van der Waals surface area contributed by atoms with Gasteiger partial charge in [0.15, 0.2) is 0 Å². The lowest BCUT2D eigenvalue weighted by Gasteiger charge is -2.34. The molecule has 2 N–H and O–H groups in total. The number of cyclic esters (lactones) is 1. The van der Waals surface area contributed by atoms with Crippen molar-refractivity contribution in [3.05, 3.63) is 59.7 Å². The van der Waals surface area contributed by atoms with Crippen molar-refractivity contribution in [2.75, 3.05) is 23.4 Å². The summed E-state index contributed by atoms with van der Waals surface area (Å²) in [5.41, 5.74) is 3.23. The molecular formula is C26H31N3O4. The van der Waals surface area contributed by atoms with E-state index in [-0.39, 0.29) is 12.0 Å². The molecule has 2 fully saturated rings. The van der Waals surface area contributed by atoms with Crippen LogP contribution in [0.2, 0.25) is 0 Å². The number of hydrogen-bond acceptors (Lipinski definition) is 4. The molecule has 2 aromatic rings. The van der Waals surface area contributed by atoms with Crippen LogP contribution >= 0.6 is 0 Å². The van der Waals surface area contributed by atoms with E-state index in [0.717, 1.165) is 30.4 Å². The number of amides is 3. The molecule has 0 unspecified atom stereocenters. The highest BCUT2D eigenvalue weighted by atomic mass is 16.6. The van der Waals surface area contributed by atoms with Crippen LogP contribution in [-0.2, 0) is 14.3 Å². The van der Waals surface area contributed by atoms with Crippen molar-refractivity contribution in [2.45, 2.75) is 45.6 Å². The summed E-state index contributed by atoms with van der Waals surface area (Å²) >= 11 is 0. The van der Waals surface area contributed by atoms with Crippen molar-refractivity contribution in [2.24, 2.45) is 11.8 Å². The summed E-state index contributed by atoms with van der Waals surface area (Å²) in [7, 11) is 0. The van der Waals surface area contributed by atoms with E-state index in [2.05, 4.69) is 17.6 Å². The monoisotopic (exact) mass is 449 g/mol. The lowest BCUT2D eigenvalue weighted by molar-refractivity contribution is -0.137. The molecule has 2 aliphatic rings. The van der Waals surface area contributed by atoms with E-state index < -0.39 is 17.9 Å². The summed E-state index contributed by atoms with van der Waals surface area (Å²) in [6.07, 6.45) is 3.96. The van der Waals surface area contributed by atoms with Crippen LogP contribution in [0.25, 0.3) is 0 Å². The number of hydrogen-bond donors (Lipinski definition) is 2. The van der Waals surface area contributed by atoms with E-state index in [4.69, 9.17) is 4.74 Å². The molecular weight excluding hydrogens is 418 g/mol. The zero-order valence-corrected chi connectivity index (χ0v) is 19.2. The van der Waals surface area contributed by atoms with Gasteiger partial charge in [0.25, 0.3) is 0 Å². The summed E-state index contributed by atoms with van der Waals surface area (Å²) in [5.74, 6) is -0.497. The first-order valence-electron chi connectivity index (χ1n) is 11.6. The first kappa shape index (κ1) is 22.8. The van der Waals surface area contributed by atoms with E-state index in [1.807, 2.05) is 31.2 Å². The van der Waals surface area contributed by atoms with Crippen molar-refractivity contribution in [3.63, 3.8) is 0 Å². The van der Waals surface area contributed by atoms with Crippen molar-refractivity contribution < 1.29 is 19.1 Å². The standard InChI is InChI=1S/C26H31N3O4/c1-17-7-5-9-19(15-17)23(22-12-4-3-8-18(22)2)28-25(31)24(30)27-20-10-6-11-21(16-20)29-13-14-33-26(29)32/h3-4,6,8,10-12,16-17,19,23H,5,7,9,13-15H2,1-2H3,(H,27,30)(H,28,31)/t17-,19+,23+/m0/s1. The van der Waals surface area contributed by atoms with Crippen molar-refractivity contribution in [1.82, 2.24) is 5.32 Å². The molecule has 174 valence electrons. The van der Waals surface area contributed by atoms with Gasteiger partial charge in [-0.3, -0.25) is 14.5 Å². The van der Waals surface area contributed by atoms with Crippen LogP contribution in [0.15, 0.2) is 48.5 Å². The average molecular weight is 450 g/mol. The molecule has 3 amide bonds. The Labute approximate surface area is 194 Å².